The van der Waals surface area contributed by atoms with E-state index in [0.717, 1.165) is 0 Å². The summed E-state index contributed by atoms with van der Waals surface area (Å²) in [4.78, 5) is 27.5. The standard InChI is InChI=1S/C20H25ClN2O4S/c1-5-27-20(25)17-16(13-7-6-8-14(21)11-13)15(19(24)26-4)12(2)23(3)18(17)28-10-9-22/h6-8,11,16H,5,9-10,22H2,1-4H3. The molecule has 0 fully saturated rings. The molecule has 0 bridgehead atoms. The highest BCUT2D eigenvalue weighted by Gasteiger charge is 2.40. The Bertz CT molecular complexity index is 822. The van der Waals surface area contributed by atoms with Gasteiger partial charge in [-0.15, -0.1) is 11.8 Å². The van der Waals surface area contributed by atoms with Gasteiger partial charge in [0.25, 0.3) is 0 Å². The molecule has 1 atom stereocenters. The molecular weight excluding hydrogens is 400 g/mol. The number of hydrogen-bond acceptors (Lipinski definition) is 7. The van der Waals surface area contributed by atoms with Crippen LogP contribution in [0.1, 0.15) is 25.3 Å². The van der Waals surface area contributed by atoms with E-state index in [-0.39, 0.29) is 6.61 Å². The summed E-state index contributed by atoms with van der Waals surface area (Å²) < 4.78 is 10.4. The van der Waals surface area contributed by atoms with Crippen LogP contribution in [0, 0.1) is 0 Å². The zero-order valence-electron chi connectivity index (χ0n) is 16.5. The second-order valence-electron chi connectivity index (χ2n) is 6.11. The molecular formula is C20H25ClN2O4S. The van der Waals surface area contributed by atoms with Gasteiger partial charge in [0.05, 0.1) is 35.8 Å². The topological polar surface area (TPSA) is 81.9 Å². The predicted octanol–water partition coefficient (Wildman–Crippen LogP) is 3.28. The number of nitrogens with zero attached hydrogens (tertiary/aromatic N) is 1. The highest BCUT2D eigenvalue weighted by atomic mass is 35.5. The van der Waals surface area contributed by atoms with Gasteiger partial charge < -0.3 is 20.1 Å². The molecule has 1 aromatic carbocycles. The van der Waals surface area contributed by atoms with E-state index in [2.05, 4.69) is 0 Å². The summed E-state index contributed by atoms with van der Waals surface area (Å²) in [7, 11) is 3.13. The molecule has 0 radical (unpaired) electrons. The number of carbonyl (C=O) groups excluding carboxylic acids is 2. The summed E-state index contributed by atoms with van der Waals surface area (Å²) in [6.07, 6.45) is 0. The van der Waals surface area contributed by atoms with Crippen LogP contribution in [-0.4, -0.2) is 49.9 Å². The van der Waals surface area contributed by atoms with E-state index in [1.54, 1.807) is 25.1 Å². The lowest BCUT2D eigenvalue weighted by molar-refractivity contribution is -0.139. The summed E-state index contributed by atoms with van der Waals surface area (Å²) in [5.74, 6) is -1.01. The van der Waals surface area contributed by atoms with E-state index >= 15 is 0 Å². The van der Waals surface area contributed by atoms with Crippen LogP contribution in [0.3, 0.4) is 0 Å². The second-order valence-corrected chi connectivity index (χ2v) is 7.63. The van der Waals surface area contributed by atoms with Crippen molar-refractivity contribution in [2.45, 2.75) is 19.8 Å². The number of hydrogen-bond donors (Lipinski definition) is 1. The Labute approximate surface area is 174 Å². The minimum atomic E-state index is -0.651. The number of halogens is 1. The van der Waals surface area contributed by atoms with Crippen LogP contribution < -0.4 is 5.73 Å². The lowest BCUT2D eigenvalue weighted by Gasteiger charge is -2.36. The monoisotopic (exact) mass is 424 g/mol. The molecule has 28 heavy (non-hydrogen) atoms. The van der Waals surface area contributed by atoms with E-state index < -0.39 is 17.9 Å². The molecule has 1 aliphatic heterocycles. The van der Waals surface area contributed by atoms with Crippen molar-refractivity contribution in [1.29, 1.82) is 0 Å². The summed E-state index contributed by atoms with van der Waals surface area (Å²) in [5, 5.41) is 1.22. The van der Waals surface area contributed by atoms with Gasteiger partial charge in [0.2, 0.25) is 0 Å². The van der Waals surface area contributed by atoms with E-state index in [1.807, 2.05) is 24.9 Å². The van der Waals surface area contributed by atoms with Gasteiger partial charge in [-0.25, -0.2) is 9.59 Å². The van der Waals surface area contributed by atoms with Crippen molar-refractivity contribution in [3.05, 3.63) is 56.7 Å². The molecule has 2 N–H and O–H groups in total. The first kappa shape index (κ1) is 22.3. The first-order valence-corrected chi connectivity index (χ1v) is 10.3. The summed E-state index contributed by atoms with van der Waals surface area (Å²) in [5.41, 5.74) is 7.87. The Hall–Kier alpha value is -1.96. The largest absolute Gasteiger partial charge is 0.466 e. The van der Waals surface area contributed by atoms with Crippen molar-refractivity contribution < 1.29 is 19.1 Å². The number of benzene rings is 1. The Kier molecular flexibility index (Phi) is 7.98. The molecule has 1 heterocycles. The number of esters is 2. The van der Waals surface area contributed by atoms with Crippen LogP contribution >= 0.6 is 23.4 Å². The van der Waals surface area contributed by atoms with Crippen LogP contribution in [0.2, 0.25) is 5.02 Å². The van der Waals surface area contributed by atoms with Crippen molar-refractivity contribution in [2.75, 3.05) is 33.1 Å². The molecule has 0 saturated heterocycles. The lowest BCUT2D eigenvalue weighted by atomic mass is 9.81. The summed E-state index contributed by atoms with van der Waals surface area (Å²) in [6.45, 7) is 4.25. The Balaban J connectivity index is 2.78. The first-order chi connectivity index (χ1) is 13.4. The molecule has 8 heteroatoms. The number of allylic oxidation sites excluding steroid dienone is 1. The average molecular weight is 425 g/mol. The van der Waals surface area contributed by atoms with Crippen LogP contribution in [-0.2, 0) is 19.1 Å². The number of nitrogens with two attached hydrogens (primary N) is 1. The fraction of sp³-hybridized carbons (Fsp3) is 0.400. The van der Waals surface area contributed by atoms with Gasteiger partial charge in [0.1, 0.15) is 0 Å². The third kappa shape index (κ3) is 4.54. The van der Waals surface area contributed by atoms with E-state index in [0.29, 0.717) is 44.8 Å². The number of ether oxygens (including phenoxy) is 2. The third-order valence-corrected chi connectivity index (χ3v) is 5.89. The molecule has 0 amide bonds. The Morgan fingerprint density at radius 3 is 2.57 bits per heavy atom. The maximum atomic E-state index is 13.0. The minimum Gasteiger partial charge on any atom is -0.466 e. The lowest BCUT2D eigenvalue weighted by Crippen LogP contribution is -2.33. The van der Waals surface area contributed by atoms with Crippen LogP contribution in [0.25, 0.3) is 0 Å². The molecule has 0 aliphatic carbocycles. The molecule has 0 aromatic heterocycles. The van der Waals surface area contributed by atoms with Gasteiger partial charge in [0, 0.05) is 30.1 Å². The van der Waals surface area contributed by atoms with Crippen molar-refractivity contribution in [3.63, 3.8) is 0 Å². The van der Waals surface area contributed by atoms with Crippen LogP contribution in [0.5, 0.6) is 0 Å². The predicted molar refractivity (Wildman–Crippen MR) is 112 cm³/mol. The number of carbonyl (C=O) groups is 2. The molecule has 1 aliphatic rings. The van der Waals surface area contributed by atoms with Gasteiger partial charge in [-0.1, -0.05) is 23.7 Å². The van der Waals surface area contributed by atoms with Crippen molar-refractivity contribution in [2.24, 2.45) is 5.73 Å². The summed E-state index contributed by atoms with van der Waals surface area (Å²) in [6, 6.07) is 7.11. The maximum absolute atomic E-state index is 13.0. The number of rotatable bonds is 7. The highest BCUT2D eigenvalue weighted by Crippen LogP contribution is 2.45. The molecule has 6 nitrogen and oxygen atoms in total. The van der Waals surface area contributed by atoms with Crippen LogP contribution in [0.15, 0.2) is 46.1 Å². The molecule has 1 unspecified atom stereocenters. The molecule has 1 aromatic rings. The fourth-order valence-corrected chi connectivity index (χ4v) is 4.33. The Morgan fingerprint density at radius 2 is 2.00 bits per heavy atom. The van der Waals surface area contributed by atoms with Gasteiger partial charge in [-0.3, -0.25) is 0 Å². The normalized spacial score (nSPS) is 17.1. The number of thioether (sulfide) groups is 1. The second kappa shape index (κ2) is 10.0. The number of methoxy groups -OCH3 is 1. The van der Waals surface area contributed by atoms with E-state index in [9.17, 15) is 9.59 Å². The highest BCUT2D eigenvalue weighted by molar-refractivity contribution is 8.03. The van der Waals surface area contributed by atoms with Crippen molar-refractivity contribution in [3.8, 4) is 0 Å². The van der Waals surface area contributed by atoms with E-state index in [4.69, 9.17) is 26.8 Å². The zero-order valence-corrected chi connectivity index (χ0v) is 18.0. The van der Waals surface area contributed by atoms with Gasteiger partial charge >= 0.3 is 11.9 Å². The Morgan fingerprint density at radius 1 is 1.29 bits per heavy atom. The zero-order chi connectivity index (χ0) is 20.8. The van der Waals surface area contributed by atoms with Gasteiger partial charge in [0.15, 0.2) is 0 Å². The molecule has 152 valence electrons. The average Bonchev–Trinajstić information content (AvgIpc) is 2.68. The molecule has 0 spiro atoms. The van der Waals surface area contributed by atoms with Crippen LogP contribution in [0.4, 0.5) is 0 Å². The van der Waals surface area contributed by atoms with Crippen molar-refractivity contribution >= 4 is 35.3 Å². The maximum Gasteiger partial charge on any atom is 0.337 e. The minimum absolute atomic E-state index is 0.222. The van der Waals surface area contributed by atoms with Gasteiger partial charge in [-0.05, 0) is 31.5 Å². The fourth-order valence-electron chi connectivity index (χ4n) is 3.13. The molecule has 2 rings (SSSR count). The summed E-state index contributed by atoms with van der Waals surface area (Å²) >= 11 is 7.66. The SMILES string of the molecule is CCOC(=O)C1=C(SCCN)N(C)C(C)=C(C(=O)OC)C1c1cccc(Cl)c1. The van der Waals surface area contributed by atoms with E-state index in [1.165, 1.54) is 18.9 Å². The third-order valence-electron chi connectivity index (χ3n) is 4.44. The van der Waals surface area contributed by atoms with Gasteiger partial charge in [-0.2, -0.15) is 0 Å². The molecule has 0 saturated carbocycles. The first-order valence-electron chi connectivity index (χ1n) is 8.89. The van der Waals surface area contributed by atoms with Crippen molar-refractivity contribution in [1.82, 2.24) is 4.90 Å². The quantitative estimate of drug-likeness (QED) is 0.672. The smallest absolute Gasteiger partial charge is 0.337 e.